The summed E-state index contributed by atoms with van der Waals surface area (Å²) in [6, 6.07) is 6.67. The Morgan fingerprint density at radius 2 is 1.60 bits per heavy atom. The van der Waals surface area contributed by atoms with E-state index in [2.05, 4.69) is 31.9 Å². The highest BCUT2D eigenvalue weighted by atomic mass is 79.9. The van der Waals surface area contributed by atoms with Gasteiger partial charge in [-0.2, -0.15) is 0 Å². The molecule has 0 spiro atoms. The number of hydrogen-bond acceptors (Lipinski definition) is 0. The van der Waals surface area contributed by atoms with E-state index in [-0.39, 0.29) is 9.49 Å². The molecule has 3 heteroatoms. The van der Waals surface area contributed by atoms with Crippen molar-refractivity contribution in [1.82, 2.24) is 0 Å². The van der Waals surface area contributed by atoms with E-state index in [4.69, 9.17) is 0 Å². The molecule has 10 heavy (non-hydrogen) atoms. The number of alkyl halides is 2. The maximum atomic E-state index is 10.6. The van der Waals surface area contributed by atoms with Crippen molar-refractivity contribution in [2.24, 2.45) is 0 Å². The van der Waals surface area contributed by atoms with Crippen LogP contribution in [-0.4, -0.2) is 0 Å². The number of rotatable bonds is 1. The third kappa shape index (κ3) is 1.99. The van der Waals surface area contributed by atoms with Crippen LogP contribution < -0.4 is 0 Å². The summed E-state index contributed by atoms with van der Waals surface area (Å²) in [6.45, 7) is 0. The van der Waals surface area contributed by atoms with Crippen molar-refractivity contribution in [3.63, 3.8) is 0 Å². The summed E-state index contributed by atoms with van der Waals surface area (Å²) in [4.78, 5) is 0. The standard InChI is InChI=1S/C7H5Br2O/c8-7(9)5-1-3-6(10)4-2-5/h1-4,7H. The summed E-state index contributed by atoms with van der Waals surface area (Å²) < 4.78 is 0.139. The zero-order valence-corrected chi connectivity index (χ0v) is 8.22. The summed E-state index contributed by atoms with van der Waals surface area (Å²) in [6.07, 6.45) is 0. The average molecular weight is 265 g/mol. The molecule has 0 aromatic heterocycles. The normalized spacial score (nSPS) is 10.3. The lowest BCUT2D eigenvalue weighted by Gasteiger charge is -1.98. The molecule has 1 nitrogen and oxygen atoms in total. The fourth-order valence-electron chi connectivity index (χ4n) is 0.613. The first-order chi connectivity index (χ1) is 4.70. The number of hydrogen-bond donors (Lipinski definition) is 0. The third-order valence-electron chi connectivity index (χ3n) is 1.13. The molecule has 1 radical (unpaired) electrons. The molecular weight excluding hydrogens is 260 g/mol. The van der Waals surface area contributed by atoms with Gasteiger partial charge in [0.25, 0.3) is 0 Å². The van der Waals surface area contributed by atoms with Crippen molar-refractivity contribution in [2.75, 3.05) is 0 Å². The second-order valence-corrected chi connectivity index (χ2v) is 4.93. The number of halogens is 2. The zero-order valence-electron chi connectivity index (χ0n) is 5.05. The minimum atomic E-state index is 0.0457. The minimum Gasteiger partial charge on any atom is -0.290 e. The topological polar surface area (TPSA) is 19.9 Å². The van der Waals surface area contributed by atoms with E-state index in [1.165, 1.54) is 0 Å². The Bertz CT molecular complexity index is 205. The van der Waals surface area contributed by atoms with Crippen LogP contribution in [0.2, 0.25) is 0 Å². The Morgan fingerprint density at radius 3 is 2.00 bits per heavy atom. The summed E-state index contributed by atoms with van der Waals surface area (Å²) in [7, 11) is 0. The molecule has 0 unspecified atom stereocenters. The Balaban J connectivity index is 2.89. The third-order valence-corrected chi connectivity index (χ3v) is 2.19. The lowest BCUT2D eigenvalue weighted by atomic mass is 10.2. The van der Waals surface area contributed by atoms with Crippen molar-refractivity contribution in [2.45, 2.75) is 3.74 Å². The van der Waals surface area contributed by atoms with E-state index in [1.807, 2.05) is 0 Å². The monoisotopic (exact) mass is 263 g/mol. The molecule has 53 valence electrons. The predicted molar refractivity (Wildman–Crippen MR) is 47.2 cm³/mol. The summed E-state index contributed by atoms with van der Waals surface area (Å²) in [5.41, 5.74) is 1.06. The van der Waals surface area contributed by atoms with Crippen LogP contribution in [-0.2, 0) is 5.11 Å². The summed E-state index contributed by atoms with van der Waals surface area (Å²) in [5.74, 6) is 0.0457. The second-order valence-electron chi connectivity index (χ2n) is 1.87. The number of benzene rings is 1. The van der Waals surface area contributed by atoms with Crippen LogP contribution in [0.5, 0.6) is 5.75 Å². The van der Waals surface area contributed by atoms with E-state index >= 15 is 0 Å². The van der Waals surface area contributed by atoms with E-state index < -0.39 is 0 Å². The molecule has 0 heterocycles. The fourth-order valence-corrected chi connectivity index (χ4v) is 1.22. The Labute approximate surface area is 76.3 Å². The Morgan fingerprint density at radius 1 is 1.10 bits per heavy atom. The van der Waals surface area contributed by atoms with Gasteiger partial charge in [0.1, 0.15) is 0 Å². The van der Waals surface area contributed by atoms with Crippen LogP contribution in [0.4, 0.5) is 0 Å². The highest BCUT2D eigenvalue weighted by Gasteiger charge is 2.00. The van der Waals surface area contributed by atoms with E-state index in [0.717, 1.165) is 5.56 Å². The van der Waals surface area contributed by atoms with Crippen molar-refractivity contribution < 1.29 is 5.11 Å². The molecule has 0 bridgehead atoms. The summed E-state index contributed by atoms with van der Waals surface area (Å²) in [5, 5.41) is 10.6. The SMILES string of the molecule is [O]c1ccc(C(Br)Br)cc1. The van der Waals surface area contributed by atoms with Crippen LogP contribution >= 0.6 is 31.9 Å². The highest BCUT2D eigenvalue weighted by molar-refractivity contribution is 9.24. The first kappa shape index (κ1) is 8.08. The molecule has 1 aromatic rings. The van der Waals surface area contributed by atoms with Crippen molar-refractivity contribution >= 4 is 31.9 Å². The fraction of sp³-hybridized carbons (Fsp3) is 0.143. The largest absolute Gasteiger partial charge is 0.290 e. The van der Waals surface area contributed by atoms with Gasteiger partial charge in [0.15, 0.2) is 5.75 Å². The maximum Gasteiger partial charge on any atom is 0.178 e. The molecule has 0 N–H and O–H groups in total. The van der Waals surface area contributed by atoms with Gasteiger partial charge in [0, 0.05) is 0 Å². The van der Waals surface area contributed by atoms with Gasteiger partial charge in [-0.25, -0.2) is 0 Å². The summed E-state index contributed by atoms with van der Waals surface area (Å²) >= 11 is 6.64. The maximum absolute atomic E-state index is 10.6. The minimum absolute atomic E-state index is 0.0457. The lowest BCUT2D eigenvalue weighted by molar-refractivity contribution is 0.355. The molecular formula is C7H5Br2O. The van der Waals surface area contributed by atoms with Crippen molar-refractivity contribution in [1.29, 1.82) is 0 Å². The van der Waals surface area contributed by atoms with Gasteiger partial charge >= 0.3 is 0 Å². The zero-order chi connectivity index (χ0) is 7.56. The molecule has 0 aliphatic rings. The highest BCUT2D eigenvalue weighted by Crippen LogP contribution is 2.29. The Hall–Kier alpha value is -0.0200. The van der Waals surface area contributed by atoms with Gasteiger partial charge in [-0.15, -0.1) is 0 Å². The van der Waals surface area contributed by atoms with Gasteiger partial charge in [-0.05, 0) is 17.7 Å². The van der Waals surface area contributed by atoms with Gasteiger partial charge in [-0.1, -0.05) is 44.0 Å². The van der Waals surface area contributed by atoms with Crippen LogP contribution in [0, 0.1) is 0 Å². The van der Waals surface area contributed by atoms with E-state index in [1.54, 1.807) is 24.3 Å². The second kappa shape index (κ2) is 3.39. The lowest BCUT2D eigenvalue weighted by Crippen LogP contribution is -1.76. The van der Waals surface area contributed by atoms with Gasteiger partial charge in [0.05, 0.1) is 3.74 Å². The first-order valence-corrected chi connectivity index (χ1v) is 4.58. The van der Waals surface area contributed by atoms with Gasteiger partial charge in [0.2, 0.25) is 0 Å². The van der Waals surface area contributed by atoms with Crippen molar-refractivity contribution in [3.8, 4) is 5.75 Å². The van der Waals surface area contributed by atoms with Crippen LogP contribution in [0.25, 0.3) is 0 Å². The molecule has 0 aliphatic heterocycles. The smallest absolute Gasteiger partial charge is 0.178 e. The molecule has 0 aliphatic carbocycles. The van der Waals surface area contributed by atoms with E-state index in [0.29, 0.717) is 0 Å². The molecule has 0 atom stereocenters. The van der Waals surface area contributed by atoms with Gasteiger partial charge in [-0.3, -0.25) is 5.11 Å². The molecule has 1 aromatic carbocycles. The first-order valence-electron chi connectivity index (χ1n) is 2.75. The van der Waals surface area contributed by atoms with E-state index in [9.17, 15) is 5.11 Å². The van der Waals surface area contributed by atoms with Crippen molar-refractivity contribution in [3.05, 3.63) is 29.8 Å². The Kier molecular flexibility index (Phi) is 2.74. The van der Waals surface area contributed by atoms with Crippen LogP contribution in [0.15, 0.2) is 24.3 Å². The average Bonchev–Trinajstić information content (AvgIpc) is 1.88. The van der Waals surface area contributed by atoms with Crippen LogP contribution in [0.3, 0.4) is 0 Å². The molecule has 0 saturated carbocycles. The molecule has 0 amide bonds. The molecule has 1 rings (SSSR count). The quantitative estimate of drug-likeness (QED) is 0.691. The van der Waals surface area contributed by atoms with Crippen LogP contribution in [0.1, 0.15) is 9.30 Å². The molecule has 0 saturated heterocycles. The molecule has 0 fully saturated rings. The van der Waals surface area contributed by atoms with Gasteiger partial charge < -0.3 is 0 Å². The predicted octanol–water partition coefficient (Wildman–Crippen LogP) is 3.62.